The van der Waals surface area contributed by atoms with Gasteiger partial charge in [0.05, 0.1) is 19.5 Å². The number of carbonyl (C=O) groups is 1. The van der Waals surface area contributed by atoms with Crippen molar-refractivity contribution in [2.75, 3.05) is 51.1 Å². The standard InChI is InChI=1S/C10H25N5O4S2/c1-20(17)7-3-4-12-9-15(8-10(11)16)13-5-6-14-21(2,18)19/h12-14H,3-9H2,1-2H3,(H2,11,16). The van der Waals surface area contributed by atoms with E-state index in [-0.39, 0.29) is 13.1 Å². The fourth-order valence-electron chi connectivity index (χ4n) is 1.42. The van der Waals surface area contributed by atoms with E-state index in [1.165, 1.54) is 0 Å². The van der Waals surface area contributed by atoms with Gasteiger partial charge in [0.25, 0.3) is 0 Å². The number of primary amides is 1. The highest BCUT2D eigenvalue weighted by Crippen LogP contribution is 1.84. The molecule has 0 aliphatic carbocycles. The van der Waals surface area contributed by atoms with Crippen molar-refractivity contribution in [3.8, 4) is 0 Å². The van der Waals surface area contributed by atoms with Crippen molar-refractivity contribution in [1.29, 1.82) is 0 Å². The van der Waals surface area contributed by atoms with Crippen LogP contribution in [0.4, 0.5) is 0 Å². The highest BCUT2D eigenvalue weighted by molar-refractivity contribution is 7.88. The van der Waals surface area contributed by atoms with Crippen molar-refractivity contribution in [3.63, 3.8) is 0 Å². The number of nitrogens with zero attached hydrogens (tertiary/aromatic N) is 1. The first-order chi connectivity index (χ1) is 9.70. The van der Waals surface area contributed by atoms with E-state index in [4.69, 9.17) is 5.73 Å². The lowest BCUT2D eigenvalue weighted by Gasteiger charge is -2.22. The summed E-state index contributed by atoms with van der Waals surface area (Å²) >= 11 is 0. The summed E-state index contributed by atoms with van der Waals surface area (Å²) in [6.07, 6.45) is 3.49. The number of nitrogens with two attached hydrogens (primary N) is 1. The van der Waals surface area contributed by atoms with E-state index in [2.05, 4.69) is 15.5 Å². The average molecular weight is 343 g/mol. The van der Waals surface area contributed by atoms with Gasteiger partial charge in [0, 0.05) is 35.9 Å². The van der Waals surface area contributed by atoms with Gasteiger partial charge in [-0.15, -0.1) is 0 Å². The van der Waals surface area contributed by atoms with Crippen LogP contribution >= 0.6 is 0 Å². The minimum absolute atomic E-state index is 0.00554. The average Bonchev–Trinajstić information content (AvgIpc) is 2.31. The van der Waals surface area contributed by atoms with Gasteiger partial charge in [0.1, 0.15) is 0 Å². The minimum atomic E-state index is -3.22. The van der Waals surface area contributed by atoms with E-state index in [1.54, 1.807) is 11.3 Å². The Morgan fingerprint density at radius 3 is 2.48 bits per heavy atom. The second-order valence-corrected chi connectivity index (χ2v) is 7.92. The third kappa shape index (κ3) is 15.6. The quantitative estimate of drug-likeness (QED) is 0.161. The normalized spacial score (nSPS) is 13.5. The fourth-order valence-corrected chi connectivity index (χ4v) is 2.44. The predicted octanol–water partition coefficient (Wildman–Crippen LogP) is -2.86. The molecule has 0 saturated heterocycles. The summed E-state index contributed by atoms with van der Waals surface area (Å²) in [6.45, 7) is 1.59. The summed E-state index contributed by atoms with van der Waals surface area (Å²) in [5, 5.41) is 4.65. The Hall–Kier alpha value is -0.590. The van der Waals surface area contributed by atoms with Crippen LogP contribution in [-0.2, 0) is 25.6 Å². The Kier molecular flexibility index (Phi) is 10.7. The van der Waals surface area contributed by atoms with Crippen LogP contribution in [-0.4, -0.2) is 74.7 Å². The molecule has 9 nitrogen and oxygen atoms in total. The summed E-state index contributed by atoms with van der Waals surface area (Å²) in [4.78, 5) is 10.9. The Bertz CT molecular complexity index is 429. The molecule has 1 amide bonds. The number of sulfonamides is 1. The number of hydrogen-bond acceptors (Lipinski definition) is 7. The van der Waals surface area contributed by atoms with E-state index in [1.807, 2.05) is 0 Å². The number of hydrogen-bond donors (Lipinski definition) is 4. The predicted molar refractivity (Wildman–Crippen MR) is 83.2 cm³/mol. The van der Waals surface area contributed by atoms with Gasteiger partial charge in [0.15, 0.2) is 0 Å². The molecule has 0 bridgehead atoms. The molecule has 0 aromatic carbocycles. The summed E-state index contributed by atoms with van der Waals surface area (Å²) in [6, 6.07) is 0. The van der Waals surface area contributed by atoms with Crippen LogP contribution in [0, 0.1) is 0 Å². The summed E-state index contributed by atoms with van der Waals surface area (Å²) in [7, 11) is -4.03. The van der Waals surface area contributed by atoms with Crippen molar-refractivity contribution in [1.82, 2.24) is 20.5 Å². The van der Waals surface area contributed by atoms with Crippen LogP contribution in [0.3, 0.4) is 0 Å². The number of nitrogens with one attached hydrogen (secondary N) is 3. The molecule has 21 heavy (non-hydrogen) atoms. The molecule has 0 aromatic rings. The van der Waals surface area contributed by atoms with Gasteiger partial charge in [-0.25, -0.2) is 18.1 Å². The maximum Gasteiger partial charge on any atom is 0.233 e. The van der Waals surface area contributed by atoms with Gasteiger partial charge < -0.3 is 11.1 Å². The number of amides is 1. The molecule has 0 saturated carbocycles. The lowest BCUT2D eigenvalue weighted by Crippen LogP contribution is -2.50. The molecule has 0 aliphatic rings. The summed E-state index contributed by atoms with van der Waals surface area (Å²) in [5.41, 5.74) is 8.04. The zero-order valence-corrected chi connectivity index (χ0v) is 14.1. The van der Waals surface area contributed by atoms with Gasteiger partial charge in [0.2, 0.25) is 15.9 Å². The van der Waals surface area contributed by atoms with Crippen LogP contribution in [0.25, 0.3) is 0 Å². The Labute approximate surface area is 128 Å². The SMILES string of the molecule is CS(=O)CCCNCN(CC(N)=O)NCCNS(C)(=O)=O. The largest absolute Gasteiger partial charge is 0.369 e. The zero-order valence-electron chi connectivity index (χ0n) is 12.4. The molecule has 0 spiro atoms. The van der Waals surface area contributed by atoms with Crippen molar-refractivity contribution < 1.29 is 17.4 Å². The molecule has 11 heteroatoms. The molecule has 0 heterocycles. The maximum absolute atomic E-state index is 10.9. The zero-order chi connectivity index (χ0) is 16.3. The minimum Gasteiger partial charge on any atom is -0.369 e. The molecule has 0 radical (unpaired) electrons. The topological polar surface area (TPSA) is 134 Å². The first-order valence-corrected chi connectivity index (χ1v) is 10.0. The van der Waals surface area contributed by atoms with Crippen LogP contribution in [0.2, 0.25) is 0 Å². The molecule has 0 aromatic heterocycles. The second kappa shape index (κ2) is 11.0. The molecule has 0 rings (SSSR count). The van der Waals surface area contributed by atoms with Gasteiger partial charge in [-0.3, -0.25) is 14.4 Å². The Balaban J connectivity index is 3.92. The lowest BCUT2D eigenvalue weighted by molar-refractivity contribution is -0.120. The highest BCUT2D eigenvalue weighted by Gasteiger charge is 2.07. The van der Waals surface area contributed by atoms with Gasteiger partial charge >= 0.3 is 0 Å². The lowest BCUT2D eigenvalue weighted by atomic mass is 10.5. The molecule has 0 fully saturated rings. The second-order valence-electron chi connectivity index (χ2n) is 4.53. The number of rotatable bonds is 13. The molecular formula is C10H25N5O4S2. The van der Waals surface area contributed by atoms with Gasteiger partial charge in [-0.1, -0.05) is 0 Å². The van der Waals surface area contributed by atoms with Crippen LogP contribution in [0.1, 0.15) is 6.42 Å². The molecule has 1 atom stereocenters. The van der Waals surface area contributed by atoms with Crippen LogP contribution in [0.15, 0.2) is 0 Å². The molecule has 5 N–H and O–H groups in total. The van der Waals surface area contributed by atoms with Crippen LogP contribution < -0.4 is 21.2 Å². The van der Waals surface area contributed by atoms with Crippen molar-refractivity contribution >= 4 is 26.7 Å². The first kappa shape index (κ1) is 20.4. The third-order valence-electron chi connectivity index (χ3n) is 2.26. The van der Waals surface area contributed by atoms with E-state index < -0.39 is 26.7 Å². The molecule has 126 valence electrons. The first-order valence-electron chi connectivity index (χ1n) is 6.43. The number of hydrazine groups is 1. The Morgan fingerprint density at radius 1 is 1.29 bits per heavy atom. The summed E-state index contributed by atoms with van der Waals surface area (Å²) < 4.78 is 35.0. The van der Waals surface area contributed by atoms with Gasteiger partial charge in [-0.2, -0.15) is 0 Å². The van der Waals surface area contributed by atoms with Crippen molar-refractivity contribution in [3.05, 3.63) is 0 Å². The van der Waals surface area contributed by atoms with Crippen molar-refractivity contribution in [2.45, 2.75) is 6.42 Å². The Morgan fingerprint density at radius 2 is 1.95 bits per heavy atom. The van der Waals surface area contributed by atoms with E-state index in [0.717, 1.165) is 12.7 Å². The molecular weight excluding hydrogens is 318 g/mol. The van der Waals surface area contributed by atoms with E-state index in [9.17, 15) is 17.4 Å². The summed E-state index contributed by atoms with van der Waals surface area (Å²) in [5.74, 6) is 0.129. The van der Waals surface area contributed by atoms with Gasteiger partial charge in [-0.05, 0) is 13.0 Å². The number of carbonyl (C=O) groups excluding carboxylic acids is 1. The maximum atomic E-state index is 10.9. The van der Waals surface area contributed by atoms with Crippen molar-refractivity contribution in [2.24, 2.45) is 5.73 Å². The van der Waals surface area contributed by atoms with E-state index in [0.29, 0.717) is 25.5 Å². The van der Waals surface area contributed by atoms with Crippen LogP contribution in [0.5, 0.6) is 0 Å². The highest BCUT2D eigenvalue weighted by atomic mass is 32.2. The monoisotopic (exact) mass is 343 g/mol. The third-order valence-corrected chi connectivity index (χ3v) is 3.85. The molecule has 0 aliphatic heterocycles. The van der Waals surface area contributed by atoms with E-state index >= 15 is 0 Å². The smallest absolute Gasteiger partial charge is 0.233 e. The molecule has 1 unspecified atom stereocenters. The fraction of sp³-hybridized carbons (Fsp3) is 0.900.